The first-order valence-corrected chi connectivity index (χ1v) is 7.58. The van der Waals surface area contributed by atoms with E-state index >= 15 is 0 Å². The molecule has 0 atom stereocenters. The molecule has 1 aliphatic rings. The third kappa shape index (κ3) is 5.23. The fourth-order valence-electron chi connectivity index (χ4n) is 2.09. The predicted octanol–water partition coefficient (Wildman–Crippen LogP) is 2.16. The minimum Gasteiger partial charge on any atom is -0.301 e. The van der Waals surface area contributed by atoms with E-state index < -0.39 is 0 Å². The van der Waals surface area contributed by atoms with Gasteiger partial charge in [0.25, 0.3) is 0 Å². The van der Waals surface area contributed by atoms with Crippen LogP contribution in [0, 0.1) is 0 Å². The summed E-state index contributed by atoms with van der Waals surface area (Å²) < 4.78 is 0. The van der Waals surface area contributed by atoms with Crippen LogP contribution >= 0.6 is 11.8 Å². The van der Waals surface area contributed by atoms with Crippen LogP contribution in [0.2, 0.25) is 0 Å². The molecule has 1 fully saturated rings. The number of hydrogen-bond donors (Lipinski definition) is 0. The van der Waals surface area contributed by atoms with Gasteiger partial charge in [0.05, 0.1) is 0 Å². The SMILES string of the molecule is CSCCCCN1CCN(C(C)C)CC1. The van der Waals surface area contributed by atoms with E-state index in [0.717, 1.165) is 6.04 Å². The average molecular weight is 230 g/mol. The van der Waals surface area contributed by atoms with Crippen LogP contribution < -0.4 is 0 Å². The summed E-state index contributed by atoms with van der Waals surface area (Å²) in [5.41, 5.74) is 0. The highest BCUT2D eigenvalue weighted by atomic mass is 32.2. The summed E-state index contributed by atoms with van der Waals surface area (Å²) in [6, 6.07) is 0.726. The fraction of sp³-hybridized carbons (Fsp3) is 1.00. The van der Waals surface area contributed by atoms with Crippen LogP contribution in [0.1, 0.15) is 26.7 Å². The third-order valence-corrected chi connectivity index (χ3v) is 3.91. The summed E-state index contributed by atoms with van der Waals surface area (Å²) in [6.45, 7) is 11.0. The molecule has 0 spiro atoms. The van der Waals surface area contributed by atoms with Crippen LogP contribution in [0.5, 0.6) is 0 Å². The van der Waals surface area contributed by atoms with Crippen molar-refractivity contribution >= 4 is 11.8 Å². The van der Waals surface area contributed by atoms with Gasteiger partial charge in [-0.05, 0) is 45.2 Å². The third-order valence-electron chi connectivity index (χ3n) is 3.21. The molecule has 0 aliphatic carbocycles. The van der Waals surface area contributed by atoms with Crippen molar-refractivity contribution in [2.45, 2.75) is 32.7 Å². The second-order valence-electron chi connectivity index (χ2n) is 4.67. The Labute approximate surface area is 99.4 Å². The lowest BCUT2D eigenvalue weighted by Crippen LogP contribution is -2.48. The van der Waals surface area contributed by atoms with Gasteiger partial charge in [-0.2, -0.15) is 11.8 Å². The van der Waals surface area contributed by atoms with Crippen LogP contribution in [0.3, 0.4) is 0 Å². The Balaban J connectivity index is 2.04. The quantitative estimate of drug-likeness (QED) is 0.646. The molecule has 0 N–H and O–H groups in total. The smallest absolute Gasteiger partial charge is 0.0113 e. The van der Waals surface area contributed by atoms with Gasteiger partial charge >= 0.3 is 0 Å². The van der Waals surface area contributed by atoms with Gasteiger partial charge in [0, 0.05) is 32.2 Å². The van der Waals surface area contributed by atoms with Crippen molar-refractivity contribution in [3.05, 3.63) is 0 Å². The van der Waals surface area contributed by atoms with E-state index in [1.807, 2.05) is 11.8 Å². The lowest BCUT2D eigenvalue weighted by Gasteiger charge is -2.36. The summed E-state index contributed by atoms with van der Waals surface area (Å²) in [6.07, 6.45) is 4.95. The molecule has 90 valence electrons. The Kier molecular flexibility index (Phi) is 6.69. The van der Waals surface area contributed by atoms with E-state index in [1.165, 1.54) is 51.3 Å². The van der Waals surface area contributed by atoms with Gasteiger partial charge in [0.15, 0.2) is 0 Å². The highest BCUT2D eigenvalue weighted by molar-refractivity contribution is 7.98. The lowest BCUT2D eigenvalue weighted by atomic mass is 10.2. The molecule has 0 amide bonds. The molecule has 15 heavy (non-hydrogen) atoms. The first kappa shape index (κ1) is 13.3. The highest BCUT2D eigenvalue weighted by Gasteiger charge is 2.17. The number of thioether (sulfide) groups is 1. The molecule has 0 aromatic carbocycles. The highest BCUT2D eigenvalue weighted by Crippen LogP contribution is 2.07. The van der Waals surface area contributed by atoms with E-state index in [4.69, 9.17) is 0 Å². The molecule has 1 heterocycles. The monoisotopic (exact) mass is 230 g/mol. The molecule has 2 nitrogen and oxygen atoms in total. The first-order chi connectivity index (χ1) is 7.24. The number of hydrogen-bond acceptors (Lipinski definition) is 3. The number of unbranched alkanes of at least 4 members (excludes halogenated alkanes) is 1. The Morgan fingerprint density at radius 3 is 2.27 bits per heavy atom. The van der Waals surface area contributed by atoms with Crippen molar-refractivity contribution in [3.63, 3.8) is 0 Å². The molecule has 1 saturated heterocycles. The van der Waals surface area contributed by atoms with Crippen molar-refractivity contribution in [2.24, 2.45) is 0 Å². The van der Waals surface area contributed by atoms with E-state index in [1.54, 1.807) is 0 Å². The topological polar surface area (TPSA) is 6.48 Å². The summed E-state index contributed by atoms with van der Waals surface area (Å²) >= 11 is 1.97. The number of piperazine rings is 1. The van der Waals surface area contributed by atoms with E-state index in [9.17, 15) is 0 Å². The van der Waals surface area contributed by atoms with Crippen molar-refractivity contribution in [2.75, 3.05) is 44.7 Å². The van der Waals surface area contributed by atoms with Crippen LogP contribution in [-0.2, 0) is 0 Å². The second-order valence-corrected chi connectivity index (χ2v) is 5.66. The molecule has 0 aromatic rings. The largest absolute Gasteiger partial charge is 0.301 e. The second kappa shape index (κ2) is 7.53. The van der Waals surface area contributed by atoms with Gasteiger partial charge in [0.1, 0.15) is 0 Å². The molecule has 0 aromatic heterocycles. The Morgan fingerprint density at radius 1 is 1.07 bits per heavy atom. The maximum Gasteiger partial charge on any atom is 0.0113 e. The minimum absolute atomic E-state index is 0.726. The Hall–Kier alpha value is 0.270. The summed E-state index contributed by atoms with van der Waals surface area (Å²) in [4.78, 5) is 5.21. The first-order valence-electron chi connectivity index (χ1n) is 6.19. The molecule has 0 bridgehead atoms. The zero-order valence-electron chi connectivity index (χ0n) is 10.5. The van der Waals surface area contributed by atoms with E-state index in [0.29, 0.717) is 0 Å². The summed E-state index contributed by atoms with van der Waals surface area (Å²) in [5.74, 6) is 1.33. The average Bonchev–Trinajstić information content (AvgIpc) is 2.25. The van der Waals surface area contributed by atoms with E-state index in [2.05, 4.69) is 29.9 Å². The van der Waals surface area contributed by atoms with Gasteiger partial charge in [0.2, 0.25) is 0 Å². The molecule has 0 unspecified atom stereocenters. The molecule has 0 saturated carbocycles. The lowest BCUT2D eigenvalue weighted by molar-refractivity contribution is 0.108. The van der Waals surface area contributed by atoms with Crippen LogP contribution in [0.15, 0.2) is 0 Å². The standard InChI is InChI=1S/C12H26N2S/c1-12(2)14-9-7-13(8-10-14)6-4-5-11-15-3/h12H,4-11H2,1-3H3. The van der Waals surface area contributed by atoms with Gasteiger partial charge < -0.3 is 4.90 Å². The van der Waals surface area contributed by atoms with Gasteiger partial charge in [-0.15, -0.1) is 0 Å². The predicted molar refractivity (Wildman–Crippen MR) is 70.8 cm³/mol. The van der Waals surface area contributed by atoms with E-state index in [-0.39, 0.29) is 0 Å². The zero-order valence-corrected chi connectivity index (χ0v) is 11.4. The summed E-state index contributed by atoms with van der Waals surface area (Å²) in [5, 5.41) is 0. The minimum atomic E-state index is 0.726. The molecular weight excluding hydrogens is 204 g/mol. The Morgan fingerprint density at radius 2 is 1.73 bits per heavy atom. The molecular formula is C12H26N2S. The number of rotatable bonds is 6. The molecule has 1 aliphatic heterocycles. The molecule has 0 radical (unpaired) electrons. The summed E-state index contributed by atoms with van der Waals surface area (Å²) in [7, 11) is 0. The zero-order chi connectivity index (χ0) is 11.1. The maximum absolute atomic E-state index is 2.62. The van der Waals surface area contributed by atoms with Crippen LogP contribution in [-0.4, -0.2) is 60.6 Å². The number of nitrogens with zero attached hydrogens (tertiary/aromatic N) is 2. The van der Waals surface area contributed by atoms with Crippen molar-refractivity contribution in [3.8, 4) is 0 Å². The fourth-order valence-corrected chi connectivity index (χ4v) is 2.58. The van der Waals surface area contributed by atoms with Crippen molar-refractivity contribution < 1.29 is 0 Å². The van der Waals surface area contributed by atoms with Gasteiger partial charge in [-0.3, -0.25) is 4.90 Å². The van der Waals surface area contributed by atoms with Crippen molar-refractivity contribution in [1.29, 1.82) is 0 Å². The van der Waals surface area contributed by atoms with Gasteiger partial charge in [-0.25, -0.2) is 0 Å². The maximum atomic E-state index is 2.62. The molecule has 3 heteroatoms. The van der Waals surface area contributed by atoms with Crippen LogP contribution in [0.4, 0.5) is 0 Å². The van der Waals surface area contributed by atoms with Crippen molar-refractivity contribution in [1.82, 2.24) is 9.80 Å². The normalized spacial score (nSPS) is 20.0. The van der Waals surface area contributed by atoms with Gasteiger partial charge in [-0.1, -0.05) is 0 Å². The molecule has 1 rings (SSSR count). The Bertz CT molecular complexity index is 154. The van der Waals surface area contributed by atoms with Crippen LogP contribution in [0.25, 0.3) is 0 Å².